The van der Waals surface area contributed by atoms with E-state index in [1.165, 1.54) is 38.8 Å². The van der Waals surface area contributed by atoms with Crippen molar-refractivity contribution in [1.29, 1.82) is 0 Å². The van der Waals surface area contributed by atoms with E-state index in [1.54, 1.807) is 7.11 Å². The summed E-state index contributed by atoms with van der Waals surface area (Å²) in [6.07, 6.45) is 6.38. The quantitative estimate of drug-likeness (QED) is 0.901. The van der Waals surface area contributed by atoms with Gasteiger partial charge in [-0.05, 0) is 57.0 Å². The molecule has 3 nitrogen and oxygen atoms in total. The minimum Gasteiger partial charge on any atom is -0.497 e. The molecule has 1 aromatic rings. The van der Waals surface area contributed by atoms with Crippen LogP contribution in [0.15, 0.2) is 24.3 Å². The molecule has 1 aliphatic heterocycles. The topological polar surface area (TPSA) is 38.5 Å². The highest BCUT2D eigenvalue weighted by molar-refractivity contribution is 5.34. The molecular weight excluding hydrogens is 260 g/mol. The molecule has 0 bridgehead atoms. The molecule has 0 saturated carbocycles. The average Bonchev–Trinajstić information content (AvgIpc) is 2.77. The summed E-state index contributed by atoms with van der Waals surface area (Å²) in [5.74, 6) is 0.884. The van der Waals surface area contributed by atoms with Gasteiger partial charge in [-0.25, -0.2) is 0 Å². The molecule has 1 fully saturated rings. The second kappa shape index (κ2) is 7.28. The van der Waals surface area contributed by atoms with Gasteiger partial charge in [0.05, 0.1) is 12.6 Å². The van der Waals surface area contributed by atoms with Crippen molar-refractivity contribution in [3.05, 3.63) is 29.8 Å². The molecule has 2 rings (SSSR count). The Bertz CT molecular complexity index is 437. The predicted molar refractivity (Wildman–Crippen MR) is 88.7 cm³/mol. The van der Waals surface area contributed by atoms with Crippen LogP contribution in [0.3, 0.4) is 0 Å². The first-order chi connectivity index (χ1) is 10.1. The van der Waals surface area contributed by atoms with Crippen molar-refractivity contribution >= 4 is 0 Å². The molecule has 3 heteroatoms. The van der Waals surface area contributed by atoms with Crippen LogP contribution in [0.2, 0.25) is 0 Å². The predicted octanol–water partition coefficient (Wildman–Crippen LogP) is 3.52. The molecule has 0 spiro atoms. The van der Waals surface area contributed by atoms with Gasteiger partial charge in [0.15, 0.2) is 0 Å². The third-order valence-electron chi connectivity index (χ3n) is 4.85. The van der Waals surface area contributed by atoms with Crippen LogP contribution in [-0.2, 0) is 5.54 Å². The first-order valence-electron chi connectivity index (χ1n) is 8.27. The molecule has 1 aliphatic rings. The highest BCUT2D eigenvalue weighted by Crippen LogP contribution is 2.31. The lowest BCUT2D eigenvalue weighted by Crippen LogP contribution is -2.54. The van der Waals surface area contributed by atoms with Crippen LogP contribution in [0.4, 0.5) is 0 Å². The van der Waals surface area contributed by atoms with Crippen LogP contribution >= 0.6 is 0 Å². The van der Waals surface area contributed by atoms with E-state index in [1.807, 2.05) is 12.1 Å². The highest BCUT2D eigenvalue weighted by atomic mass is 16.5. The Morgan fingerprint density at radius 2 is 1.90 bits per heavy atom. The maximum absolute atomic E-state index is 6.80. The Morgan fingerprint density at radius 1 is 1.24 bits per heavy atom. The van der Waals surface area contributed by atoms with Gasteiger partial charge in [0.25, 0.3) is 0 Å². The van der Waals surface area contributed by atoms with E-state index in [0.717, 1.165) is 17.7 Å². The SMILES string of the molecule is CCC(N1CCCCCC1)C(C)(N)c1cccc(OC)c1. The Kier molecular flexibility index (Phi) is 5.65. The number of hydrogen-bond acceptors (Lipinski definition) is 3. The fraction of sp³-hybridized carbons (Fsp3) is 0.667. The minimum atomic E-state index is -0.354. The summed E-state index contributed by atoms with van der Waals surface area (Å²) in [5.41, 5.74) is 7.61. The van der Waals surface area contributed by atoms with Crippen molar-refractivity contribution in [3.63, 3.8) is 0 Å². The van der Waals surface area contributed by atoms with E-state index >= 15 is 0 Å². The lowest BCUT2D eigenvalue weighted by atomic mass is 9.83. The molecule has 2 unspecified atom stereocenters. The second-order valence-electron chi connectivity index (χ2n) is 6.39. The van der Waals surface area contributed by atoms with E-state index in [4.69, 9.17) is 10.5 Å². The lowest BCUT2D eigenvalue weighted by molar-refractivity contribution is 0.126. The van der Waals surface area contributed by atoms with Crippen LogP contribution in [0.5, 0.6) is 5.75 Å². The molecule has 1 saturated heterocycles. The van der Waals surface area contributed by atoms with Gasteiger partial charge >= 0.3 is 0 Å². The Balaban J connectivity index is 2.24. The zero-order chi connectivity index (χ0) is 15.3. The van der Waals surface area contributed by atoms with Crippen LogP contribution in [0.1, 0.15) is 51.5 Å². The van der Waals surface area contributed by atoms with Gasteiger partial charge in [-0.1, -0.05) is 31.9 Å². The molecule has 0 amide bonds. The summed E-state index contributed by atoms with van der Waals surface area (Å²) < 4.78 is 5.36. The maximum Gasteiger partial charge on any atom is 0.119 e. The number of nitrogens with zero attached hydrogens (tertiary/aromatic N) is 1. The summed E-state index contributed by atoms with van der Waals surface area (Å²) in [6, 6.07) is 8.60. The number of benzene rings is 1. The monoisotopic (exact) mass is 290 g/mol. The molecular formula is C18H30N2O. The Hall–Kier alpha value is -1.06. The molecule has 118 valence electrons. The first-order valence-corrected chi connectivity index (χ1v) is 8.27. The molecule has 1 heterocycles. The zero-order valence-corrected chi connectivity index (χ0v) is 13.8. The number of methoxy groups -OCH3 is 1. The molecule has 0 aliphatic carbocycles. The summed E-state index contributed by atoms with van der Waals surface area (Å²) in [7, 11) is 1.71. The van der Waals surface area contributed by atoms with Gasteiger partial charge in [0, 0.05) is 6.04 Å². The zero-order valence-electron chi connectivity index (χ0n) is 13.8. The van der Waals surface area contributed by atoms with Crippen molar-refractivity contribution in [3.8, 4) is 5.75 Å². The lowest BCUT2D eigenvalue weighted by Gasteiger charge is -2.42. The highest BCUT2D eigenvalue weighted by Gasteiger charge is 2.35. The standard InChI is InChI=1S/C18H30N2O/c1-4-17(20-12-7-5-6-8-13-20)18(2,19)15-10-9-11-16(14-15)21-3/h9-11,14,17H,4-8,12-13,19H2,1-3H3. The number of rotatable bonds is 5. The van der Waals surface area contributed by atoms with Crippen molar-refractivity contribution < 1.29 is 4.74 Å². The summed E-state index contributed by atoms with van der Waals surface area (Å²) in [5, 5.41) is 0. The van der Waals surface area contributed by atoms with Crippen LogP contribution in [0.25, 0.3) is 0 Å². The average molecular weight is 290 g/mol. The maximum atomic E-state index is 6.80. The van der Waals surface area contributed by atoms with Crippen molar-refractivity contribution in [2.24, 2.45) is 5.73 Å². The van der Waals surface area contributed by atoms with Gasteiger partial charge < -0.3 is 10.5 Å². The number of likely N-dealkylation sites (tertiary alicyclic amines) is 1. The summed E-state index contributed by atoms with van der Waals surface area (Å²) >= 11 is 0. The van der Waals surface area contributed by atoms with Gasteiger partial charge in [-0.2, -0.15) is 0 Å². The van der Waals surface area contributed by atoms with E-state index < -0.39 is 0 Å². The van der Waals surface area contributed by atoms with Crippen molar-refractivity contribution in [1.82, 2.24) is 4.90 Å². The Labute approximate surface area is 129 Å². The van der Waals surface area contributed by atoms with Crippen molar-refractivity contribution in [2.75, 3.05) is 20.2 Å². The van der Waals surface area contributed by atoms with E-state index in [2.05, 4.69) is 30.9 Å². The number of nitrogens with two attached hydrogens (primary N) is 1. The summed E-state index contributed by atoms with van der Waals surface area (Å²) in [4.78, 5) is 2.60. The first kappa shape index (κ1) is 16.3. The van der Waals surface area contributed by atoms with Crippen LogP contribution in [-0.4, -0.2) is 31.1 Å². The summed E-state index contributed by atoms with van der Waals surface area (Å²) in [6.45, 7) is 6.77. The number of ether oxygens (including phenoxy) is 1. The molecule has 21 heavy (non-hydrogen) atoms. The van der Waals surface area contributed by atoms with Crippen molar-refractivity contribution in [2.45, 2.75) is 57.5 Å². The third-order valence-corrected chi connectivity index (χ3v) is 4.85. The second-order valence-corrected chi connectivity index (χ2v) is 6.39. The smallest absolute Gasteiger partial charge is 0.119 e. The van der Waals surface area contributed by atoms with Gasteiger partial charge in [-0.15, -0.1) is 0 Å². The normalized spacial score (nSPS) is 21.3. The van der Waals surface area contributed by atoms with Gasteiger partial charge in [-0.3, -0.25) is 4.90 Å². The van der Waals surface area contributed by atoms with E-state index in [-0.39, 0.29) is 5.54 Å². The molecule has 2 atom stereocenters. The van der Waals surface area contributed by atoms with Gasteiger partial charge in [0.2, 0.25) is 0 Å². The third kappa shape index (κ3) is 3.78. The number of hydrogen-bond donors (Lipinski definition) is 1. The molecule has 2 N–H and O–H groups in total. The van der Waals surface area contributed by atoms with Gasteiger partial charge in [0.1, 0.15) is 5.75 Å². The van der Waals surface area contributed by atoms with Crippen LogP contribution in [0, 0.1) is 0 Å². The Morgan fingerprint density at radius 3 is 2.48 bits per heavy atom. The fourth-order valence-electron chi connectivity index (χ4n) is 3.62. The van der Waals surface area contributed by atoms with Crippen LogP contribution < -0.4 is 10.5 Å². The molecule has 0 aromatic heterocycles. The largest absolute Gasteiger partial charge is 0.497 e. The molecule has 0 radical (unpaired) electrons. The minimum absolute atomic E-state index is 0.354. The van der Waals surface area contributed by atoms with E-state index in [9.17, 15) is 0 Å². The van der Waals surface area contributed by atoms with E-state index in [0.29, 0.717) is 6.04 Å². The molecule has 1 aromatic carbocycles. The fourth-order valence-corrected chi connectivity index (χ4v) is 3.62.